The van der Waals surface area contributed by atoms with Crippen LogP contribution in [0, 0.1) is 0 Å². The molecular weight excluding hydrogens is 274 g/mol. The zero-order chi connectivity index (χ0) is 15.8. The Labute approximate surface area is 123 Å². The molecule has 0 aromatic heterocycles. The highest BCUT2D eigenvalue weighted by Gasteiger charge is 2.25. The summed E-state index contributed by atoms with van der Waals surface area (Å²) in [7, 11) is 2.95. The molecule has 2 N–H and O–H groups in total. The van der Waals surface area contributed by atoms with Gasteiger partial charge in [-0.25, -0.2) is 0 Å². The lowest BCUT2D eigenvalue weighted by molar-refractivity contribution is -0.137. The Morgan fingerprint density at radius 1 is 1.38 bits per heavy atom. The van der Waals surface area contributed by atoms with E-state index in [9.17, 15) is 9.59 Å². The number of benzene rings is 1. The number of methoxy groups -OCH3 is 2. The van der Waals surface area contributed by atoms with E-state index in [-0.39, 0.29) is 12.2 Å². The molecule has 0 aliphatic rings. The minimum absolute atomic E-state index is 0.307. The normalized spacial score (nSPS) is 11.5. The Kier molecular flexibility index (Phi) is 6.42. The third-order valence-electron chi connectivity index (χ3n) is 2.88. The Morgan fingerprint density at radius 3 is 2.62 bits per heavy atom. The van der Waals surface area contributed by atoms with Crippen LogP contribution in [0.15, 0.2) is 30.9 Å². The maximum Gasteiger partial charge on any atom is 0.305 e. The molecule has 0 spiro atoms. The Bertz CT molecular complexity index is 527. The fourth-order valence-corrected chi connectivity index (χ4v) is 1.85. The van der Waals surface area contributed by atoms with Gasteiger partial charge in [0, 0.05) is 12.6 Å². The molecule has 0 saturated carbocycles. The van der Waals surface area contributed by atoms with Crippen molar-refractivity contribution in [2.45, 2.75) is 12.5 Å². The highest BCUT2D eigenvalue weighted by Crippen LogP contribution is 2.26. The van der Waals surface area contributed by atoms with Gasteiger partial charge in [0.1, 0.15) is 11.5 Å². The Morgan fingerprint density at radius 2 is 2.10 bits per heavy atom. The first-order chi connectivity index (χ1) is 10.0. The molecule has 1 rings (SSSR count). The molecule has 0 aliphatic heterocycles. The highest BCUT2D eigenvalue weighted by molar-refractivity contribution is 6.04. The van der Waals surface area contributed by atoms with E-state index < -0.39 is 12.0 Å². The number of ether oxygens (including phenoxy) is 2. The quantitative estimate of drug-likeness (QED) is 0.530. The van der Waals surface area contributed by atoms with Crippen molar-refractivity contribution in [3.8, 4) is 11.5 Å². The van der Waals surface area contributed by atoms with E-state index in [1.54, 1.807) is 24.3 Å². The highest BCUT2D eigenvalue weighted by atomic mass is 16.5. The predicted molar refractivity (Wildman–Crippen MR) is 78.1 cm³/mol. The predicted octanol–water partition coefficient (Wildman–Crippen LogP) is 1.51. The fourth-order valence-electron chi connectivity index (χ4n) is 1.85. The van der Waals surface area contributed by atoms with Crippen LogP contribution in [-0.4, -0.2) is 43.7 Å². The number of carbonyl (C=O) groups excluding carboxylic acids is 1. The smallest absolute Gasteiger partial charge is 0.305 e. The topological polar surface area (TPSA) is 84.9 Å². The lowest BCUT2D eigenvalue weighted by atomic mass is 10.0. The van der Waals surface area contributed by atoms with Gasteiger partial charge in [-0.05, 0) is 12.1 Å². The summed E-state index contributed by atoms with van der Waals surface area (Å²) in [5.74, 6) is -0.511. The van der Waals surface area contributed by atoms with Crippen LogP contribution in [0.2, 0.25) is 0 Å². The molecule has 6 heteroatoms. The second-order valence-corrected chi connectivity index (χ2v) is 4.28. The lowest BCUT2D eigenvalue weighted by Crippen LogP contribution is -2.38. The van der Waals surface area contributed by atoms with Gasteiger partial charge in [0.15, 0.2) is 5.78 Å². The van der Waals surface area contributed by atoms with Crippen LogP contribution in [0.3, 0.4) is 0 Å². The second kappa shape index (κ2) is 8.06. The lowest BCUT2D eigenvalue weighted by Gasteiger charge is -2.17. The number of nitrogens with one attached hydrogen (secondary N) is 1. The zero-order valence-electron chi connectivity index (χ0n) is 12.1. The summed E-state index contributed by atoms with van der Waals surface area (Å²) in [5.41, 5.74) is 0.307. The van der Waals surface area contributed by atoms with E-state index in [0.29, 0.717) is 23.6 Å². The minimum atomic E-state index is -1.06. The summed E-state index contributed by atoms with van der Waals surface area (Å²) in [5, 5.41) is 11.8. The number of ketones is 1. The van der Waals surface area contributed by atoms with Crippen LogP contribution >= 0.6 is 0 Å². The van der Waals surface area contributed by atoms with E-state index in [2.05, 4.69) is 11.9 Å². The van der Waals surface area contributed by atoms with Crippen molar-refractivity contribution in [1.82, 2.24) is 5.32 Å². The van der Waals surface area contributed by atoms with E-state index >= 15 is 0 Å². The fraction of sp³-hybridized carbons (Fsp3) is 0.333. The van der Waals surface area contributed by atoms with Crippen LogP contribution in [0.25, 0.3) is 0 Å². The maximum absolute atomic E-state index is 12.5. The molecule has 1 aromatic rings. The summed E-state index contributed by atoms with van der Waals surface area (Å²) < 4.78 is 10.2. The number of Topliss-reactive ketones (excluding diaryl/α,β-unsaturated/α-hetero) is 1. The number of carboxylic acids is 1. The number of hydrogen-bond acceptors (Lipinski definition) is 5. The molecular formula is C15H19NO5. The summed E-state index contributed by atoms with van der Waals surface area (Å²) in [6.45, 7) is 3.87. The molecule has 21 heavy (non-hydrogen) atoms. The van der Waals surface area contributed by atoms with Gasteiger partial charge < -0.3 is 19.9 Å². The van der Waals surface area contributed by atoms with E-state index in [0.717, 1.165) is 0 Å². The van der Waals surface area contributed by atoms with Crippen molar-refractivity contribution in [3.63, 3.8) is 0 Å². The van der Waals surface area contributed by atoms with Gasteiger partial charge >= 0.3 is 5.97 Å². The molecule has 0 saturated heterocycles. The van der Waals surface area contributed by atoms with Crippen LogP contribution in [-0.2, 0) is 4.79 Å². The third-order valence-corrected chi connectivity index (χ3v) is 2.88. The molecule has 0 aliphatic carbocycles. The van der Waals surface area contributed by atoms with Crippen molar-refractivity contribution in [2.75, 3.05) is 20.8 Å². The third kappa shape index (κ3) is 4.61. The first-order valence-corrected chi connectivity index (χ1v) is 6.35. The van der Waals surface area contributed by atoms with Crippen molar-refractivity contribution >= 4 is 11.8 Å². The summed E-state index contributed by atoms with van der Waals surface area (Å²) in [4.78, 5) is 23.4. The largest absolute Gasteiger partial charge is 0.497 e. The maximum atomic E-state index is 12.5. The number of rotatable bonds is 9. The molecule has 6 nitrogen and oxygen atoms in total. The van der Waals surface area contributed by atoms with Crippen LogP contribution in [0.4, 0.5) is 0 Å². The Hall–Kier alpha value is -2.34. The number of hydrogen-bond donors (Lipinski definition) is 2. The van der Waals surface area contributed by atoms with Crippen LogP contribution in [0.1, 0.15) is 16.8 Å². The van der Waals surface area contributed by atoms with Gasteiger partial charge in [0.05, 0.1) is 32.2 Å². The second-order valence-electron chi connectivity index (χ2n) is 4.28. The van der Waals surface area contributed by atoms with Gasteiger partial charge in [-0.15, -0.1) is 6.58 Å². The molecule has 1 aromatic carbocycles. The summed E-state index contributed by atoms with van der Waals surface area (Å²) >= 11 is 0. The molecule has 1 unspecified atom stereocenters. The van der Waals surface area contributed by atoms with Gasteiger partial charge in [0.2, 0.25) is 0 Å². The van der Waals surface area contributed by atoms with Crippen molar-refractivity contribution < 1.29 is 24.2 Å². The standard InChI is InChI=1S/C15H19NO5/c1-4-7-16-12(9-14(17)18)15(19)11-6-5-10(20-2)8-13(11)21-3/h4-6,8,12,16H,1,7,9H2,2-3H3,(H,17,18). The molecule has 1 atom stereocenters. The van der Waals surface area contributed by atoms with E-state index in [4.69, 9.17) is 14.6 Å². The molecule has 0 radical (unpaired) electrons. The van der Waals surface area contributed by atoms with E-state index in [1.165, 1.54) is 14.2 Å². The van der Waals surface area contributed by atoms with Crippen molar-refractivity contribution in [1.29, 1.82) is 0 Å². The zero-order valence-corrected chi connectivity index (χ0v) is 12.1. The molecule has 0 heterocycles. The summed E-state index contributed by atoms with van der Waals surface area (Å²) in [6, 6.07) is 3.92. The number of carbonyl (C=O) groups is 2. The number of aliphatic carboxylic acids is 1. The molecule has 0 amide bonds. The molecule has 0 bridgehead atoms. The minimum Gasteiger partial charge on any atom is -0.497 e. The van der Waals surface area contributed by atoms with Crippen LogP contribution < -0.4 is 14.8 Å². The number of carboxylic acid groups (broad SMARTS) is 1. The van der Waals surface area contributed by atoms with Gasteiger partial charge in [-0.2, -0.15) is 0 Å². The monoisotopic (exact) mass is 293 g/mol. The first-order valence-electron chi connectivity index (χ1n) is 6.35. The average Bonchev–Trinajstić information content (AvgIpc) is 2.49. The van der Waals surface area contributed by atoms with Crippen molar-refractivity contribution in [3.05, 3.63) is 36.4 Å². The first kappa shape index (κ1) is 16.7. The van der Waals surface area contributed by atoms with Gasteiger partial charge in [-0.3, -0.25) is 9.59 Å². The molecule has 114 valence electrons. The SMILES string of the molecule is C=CCNC(CC(=O)O)C(=O)c1ccc(OC)cc1OC. The van der Waals surface area contributed by atoms with E-state index in [1.807, 2.05) is 0 Å². The van der Waals surface area contributed by atoms with Gasteiger partial charge in [-0.1, -0.05) is 6.08 Å². The Balaban J connectivity index is 3.06. The summed E-state index contributed by atoms with van der Waals surface area (Å²) in [6.07, 6.45) is 1.25. The van der Waals surface area contributed by atoms with Gasteiger partial charge in [0.25, 0.3) is 0 Å². The average molecular weight is 293 g/mol. The van der Waals surface area contributed by atoms with Crippen LogP contribution in [0.5, 0.6) is 11.5 Å². The molecule has 0 fully saturated rings. The van der Waals surface area contributed by atoms with Crippen molar-refractivity contribution in [2.24, 2.45) is 0 Å².